The average Bonchev–Trinajstić information content (AvgIpc) is 2.69. The summed E-state index contributed by atoms with van der Waals surface area (Å²) in [5.41, 5.74) is 1.41. The van der Waals surface area contributed by atoms with Gasteiger partial charge in [-0.05, 0) is 6.07 Å². The minimum atomic E-state index is -0.408. The van der Waals surface area contributed by atoms with Gasteiger partial charge < -0.3 is 19.1 Å². The number of aromatic nitrogens is 3. The molecule has 0 unspecified atom stereocenters. The smallest absolute Gasteiger partial charge is 0.320 e. The van der Waals surface area contributed by atoms with Gasteiger partial charge in [0, 0.05) is 36.6 Å². The summed E-state index contributed by atoms with van der Waals surface area (Å²) in [5, 5.41) is 0.174. The molecule has 26 heavy (non-hydrogen) atoms. The molecule has 9 heteroatoms. The van der Waals surface area contributed by atoms with Gasteiger partial charge >= 0.3 is 12.0 Å². The summed E-state index contributed by atoms with van der Waals surface area (Å²) < 4.78 is 15.8. The van der Waals surface area contributed by atoms with Crippen LogP contribution in [0, 0.1) is 0 Å². The topological polar surface area (TPSA) is 86.7 Å². The molecular formula is C17H19ClN4O4. The number of nitrogens with zero attached hydrogens (tertiary/aromatic N) is 4. The Morgan fingerprint density at radius 2 is 2.15 bits per heavy atom. The van der Waals surface area contributed by atoms with Gasteiger partial charge in [0.25, 0.3) is 0 Å². The van der Waals surface area contributed by atoms with Crippen LogP contribution in [0.3, 0.4) is 0 Å². The minimum absolute atomic E-state index is 0.00902. The lowest BCUT2D eigenvalue weighted by Crippen LogP contribution is -2.37. The number of methoxy groups -OCH3 is 1. The van der Waals surface area contributed by atoms with E-state index in [9.17, 15) is 4.79 Å². The molecule has 0 spiro atoms. The maximum absolute atomic E-state index is 11.7. The molecule has 0 aromatic carbocycles. The molecule has 1 saturated heterocycles. The molecule has 0 atom stereocenters. The van der Waals surface area contributed by atoms with E-state index in [2.05, 4.69) is 15.0 Å². The molecule has 0 amide bonds. The number of hydrogen-bond donors (Lipinski definition) is 0. The van der Waals surface area contributed by atoms with Gasteiger partial charge in [-0.15, -0.1) is 0 Å². The molecule has 3 rings (SSSR count). The second kappa shape index (κ2) is 8.77. The fourth-order valence-electron chi connectivity index (χ4n) is 2.53. The van der Waals surface area contributed by atoms with Crippen molar-refractivity contribution in [3.05, 3.63) is 40.8 Å². The summed E-state index contributed by atoms with van der Waals surface area (Å²) in [6.07, 6.45) is 3.38. The number of rotatable bonds is 6. The molecule has 3 heterocycles. The van der Waals surface area contributed by atoms with Crippen LogP contribution in [0.1, 0.15) is 11.1 Å². The predicted octanol–water partition coefficient (Wildman–Crippen LogP) is 1.66. The lowest BCUT2D eigenvalue weighted by atomic mass is 10.2. The molecule has 1 aliphatic rings. The number of hydrogen-bond acceptors (Lipinski definition) is 8. The Balaban J connectivity index is 1.86. The summed E-state index contributed by atoms with van der Waals surface area (Å²) in [6.45, 7) is 2.70. The minimum Gasteiger partial charge on any atom is -0.469 e. The van der Waals surface area contributed by atoms with Crippen LogP contribution in [0.4, 0.5) is 5.82 Å². The van der Waals surface area contributed by atoms with Gasteiger partial charge in [0.05, 0.1) is 26.7 Å². The number of anilines is 1. The van der Waals surface area contributed by atoms with Crippen molar-refractivity contribution in [2.75, 3.05) is 38.3 Å². The van der Waals surface area contributed by atoms with Crippen LogP contribution in [0.2, 0.25) is 5.15 Å². The first-order chi connectivity index (χ1) is 12.7. The van der Waals surface area contributed by atoms with Gasteiger partial charge in [0.15, 0.2) is 0 Å². The molecule has 2 aromatic heterocycles. The van der Waals surface area contributed by atoms with E-state index in [0.29, 0.717) is 37.7 Å². The van der Waals surface area contributed by atoms with E-state index in [0.717, 1.165) is 5.56 Å². The van der Waals surface area contributed by atoms with Crippen molar-refractivity contribution < 1.29 is 19.0 Å². The van der Waals surface area contributed by atoms with Crippen LogP contribution in [0.15, 0.2) is 24.5 Å². The van der Waals surface area contributed by atoms with Crippen molar-refractivity contribution in [3.8, 4) is 6.01 Å². The van der Waals surface area contributed by atoms with Crippen molar-refractivity contribution >= 4 is 23.4 Å². The van der Waals surface area contributed by atoms with E-state index in [1.807, 2.05) is 17.0 Å². The fourth-order valence-corrected chi connectivity index (χ4v) is 2.75. The number of esters is 1. The monoisotopic (exact) mass is 378 g/mol. The first-order valence-corrected chi connectivity index (χ1v) is 8.53. The fraction of sp³-hybridized carbons (Fsp3) is 0.412. The number of pyridine rings is 1. The Labute approximate surface area is 156 Å². The Kier molecular flexibility index (Phi) is 6.19. The lowest BCUT2D eigenvalue weighted by Gasteiger charge is -2.29. The van der Waals surface area contributed by atoms with Crippen LogP contribution in [-0.2, 0) is 27.3 Å². The van der Waals surface area contributed by atoms with Crippen molar-refractivity contribution in [2.24, 2.45) is 0 Å². The highest BCUT2D eigenvalue weighted by atomic mass is 35.5. The van der Waals surface area contributed by atoms with Crippen molar-refractivity contribution in [3.63, 3.8) is 0 Å². The highest BCUT2D eigenvalue weighted by molar-refractivity contribution is 6.30. The summed E-state index contributed by atoms with van der Waals surface area (Å²) in [6, 6.07) is 3.86. The Bertz CT molecular complexity index is 754. The Morgan fingerprint density at radius 3 is 2.85 bits per heavy atom. The molecule has 2 aromatic rings. The van der Waals surface area contributed by atoms with Crippen LogP contribution < -0.4 is 9.64 Å². The first kappa shape index (κ1) is 18.3. The first-order valence-electron chi connectivity index (χ1n) is 8.15. The number of halogens is 1. The molecule has 0 aliphatic carbocycles. The van der Waals surface area contributed by atoms with Crippen molar-refractivity contribution in [1.82, 2.24) is 15.0 Å². The highest BCUT2D eigenvalue weighted by Crippen LogP contribution is 2.28. The standard InChI is InChI=1S/C17H19ClN4O4/c1-24-14(23)9-13-15(18)20-17(26-11-12-3-2-4-19-10-12)21-16(13)22-5-7-25-8-6-22/h2-4,10H,5-9,11H2,1H3. The Hall–Kier alpha value is -2.45. The molecule has 0 saturated carbocycles. The predicted molar refractivity (Wildman–Crippen MR) is 94.4 cm³/mol. The quantitative estimate of drug-likeness (QED) is 0.554. The second-order valence-corrected chi connectivity index (χ2v) is 5.96. The van der Waals surface area contributed by atoms with Gasteiger partial charge in [-0.2, -0.15) is 9.97 Å². The lowest BCUT2D eigenvalue weighted by molar-refractivity contribution is -0.139. The zero-order valence-corrected chi connectivity index (χ0v) is 15.1. The van der Waals surface area contributed by atoms with Crippen molar-refractivity contribution in [1.29, 1.82) is 0 Å². The second-order valence-electron chi connectivity index (χ2n) is 5.60. The molecule has 0 bridgehead atoms. The van der Waals surface area contributed by atoms with Gasteiger partial charge in [-0.3, -0.25) is 9.78 Å². The third-order valence-corrected chi connectivity index (χ3v) is 4.18. The normalized spacial score (nSPS) is 14.2. The SMILES string of the molecule is COC(=O)Cc1c(Cl)nc(OCc2cccnc2)nc1N1CCOCC1. The molecule has 0 radical (unpaired) electrons. The molecule has 138 valence electrons. The van der Waals surface area contributed by atoms with E-state index in [1.165, 1.54) is 7.11 Å². The number of ether oxygens (including phenoxy) is 3. The molecule has 8 nitrogen and oxygen atoms in total. The average molecular weight is 379 g/mol. The van der Waals surface area contributed by atoms with Gasteiger partial charge in [0.1, 0.15) is 17.6 Å². The van der Waals surface area contributed by atoms with E-state index in [4.69, 9.17) is 25.8 Å². The van der Waals surface area contributed by atoms with Crippen LogP contribution in [0.25, 0.3) is 0 Å². The number of carbonyl (C=O) groups excluding carboxylic acids is 1. The molecule has 0 N–H and O–H groups in total. The third-order valence-electron chi connectivity index (χ3n) is 3.86. The Morgan fingerprint density at radius 1 is 1.35 bits per heavy atom. The summed E-state index contributed by atoms with van der Waals surface area (Å²) in [7, 11) is 1.33. The van der Waals surface area contributed by atoms with Crippen LogP contribution >= 0.6 is 11.6 Å². The van der Waals surface area contributed by atoms with Gasteiger partial charge in [-0.25, -0.2) is 0 Å². The maximum Gasteiger partial charge on any atom is 0.320 e. The van der Waals surface area contributed by atoms with Crippen molar-refractivity contribution in [2.45, 2.75) is 13.0 Å². The summed E-state index contributed by atoms with van der Waals surface area (Å²) in [4.78, 5) is 26.5. The van der Waals surface area contributed by atoms with Gasteiger partial charge in [0.2, 0.25) is 0 Å². The molecular weight excluding hydrogens is 360 g/mol. The zero-order valence-electron chi connectivity index (χ0n) is 14.4. The largest absolute Gasteiger partial charge is 0.469 e. The number of morpholine rings is 1. The van der Waals surface area contributed by atoms with Crippen LogP contribution in [-0.4, -0.2) is 54.3 Å². The van der Waals surface area contributed by atoms with Crippen LogP contribution in [0.5, 0.6) is 6.01 Å². The highest BCUT2D eigenvalue weighted by Gasteiger charge is 2.23. The molecule has 1 fully saturated rings. The maximum atomic E-state index is 11.7. The van der Waals surface area contributed by atoms with E-state index < -0.39 is 5.97 Å². The summed E-state index contributed by atoms with van der Waals surface area (Å²) >= 11 is 6.33. The summed E-state index contributed by atoms with van der Waals surface area (Å²) in [5.74, 6) is 0.161. The third kappa shape index (κ3) is 4.59. The zero-order chi connectivity index (χ0) is 18.4. The molecule has 1 aliphatic heterocycles. The number of carbonyl (C=O) groups is 1. The van der Waals surface area contributed by atoms with E-state index in [1.54, 1.807) is 12.4 Å². The van der Waals surface area contributed by atoms with Gasteiger partial charge in [-0.1, -0.05) is 17.7 Å². The van der Waals surface area contributed by atoms with E-state index >= 15 is 0 Å². The van der Waals surface area contributed by atoms with E-state index in [-0.39, 0.29) is 24.2 Å².